The second-order valence-corrected chi connectivity index (χ2v) is 6.95. The van der Waals surface area contributed by atoms with E-state index in [1.54, 1.807) is 7.05 Å². The molecule has 1 aliphatic carbocycles. The van der Waals surface area contributed by atoms with E-state index < -0.39 is 0 Å². The number of amides is 2. The van der Waals surface area contributed by atoms with Crippen LogP contribution in [0.2, 0.25) is 0 Å². The SMILES string of the molecule is CC(C(=O)N(C)CC(=O)NC1CC1)N1CCC(C)(CN)C1. The molecule has 0 aromatic carbocycles. The Labute approximate surface area is 127 Å². The Hall–Kier alpha value is -1.14. The molecule has 21 heavy (non-hydrogen) atoms. The summed E-state index contributed by atoms with van der Waals surface area (Å²) in [5, 5.41) is 2.91. The lowest BCUT2D eigenvalue weighted by molar-refractivity contribution is -0.138. The minimum absolute atomic E-state index is 0.00205. The molecule has 2 atom stereocenters. The Morgan fingerprint density at radius 2 is 2.14 bits per heavy atom. The molecule has 0 aromatic heterocycles. The van der Waals surface area contributed by atoms with Crippen LogP contribution in [0, 0.1) is 5.41 Å². The van der Waals surface area contributed by atoms with Gasteiger partial charge in [0.05, 0.1) is 12.6 Å². The third kappa shape index (κ3) is 4.17. The van der Waals surface area contributed by atoms with Crippen molar-refractivity contribution in [3.05, 3.63) is 0 Å². The Kier molecular flexibility index (Phi) is 4.88. The molecule has 6 nitrogen and oxygen atoms in total. The molecule has 0 spiro atoms. The lowest BCUT2D eigenvalue weighted by Crippen LogP contribution is -2.48. The van der Waals surface area contributed by atoms with Crippen LogP contribution in [0.4, 0.5) is 0 Å². The van der Waals surface area contributed by atoms with Gasteiger partial charge in [-0.15, -0.1) is 0 Å². The highest BCUT2D eigenvalue weighted by molar-refractivity contribution is 5.87. The van der Waals surface area contributed by atoms with E-state index >= 15 is 0 Å². The normalized spacial score (nSPS) is 27.4. The minimum Gasteiger partial charge on any atom is -0.352 e. The fourth-order valence-corrected chi connectivity index (χ4v) is 2.83. The van der Waals surface area contributed by atoms with Crippen molar-refractivity contribution < 1.29 is 9.59 Å². The van der Waals surface area contributed by atoms with Crippen molar-refractivity contribution in [2.45, 2.75) is 45.2 Å². The molecular weight excluding hydrogens is 268 g/mol. The number of nitrogens with two attached hydrogens (primary N) is 1. The maximum Gasteiger partial charge on any atom is 0.239 e. The van der Waals surface area contributed by atoms with E-state index in [1.165, 1.54) is 4.90 Å². The van der Waals surface area contributed by atoms with E-state index in [-0.39, 0.29) is 29.8 Å². The molecule has 2 amide bonds. The molecular formula is C15H28N4O2. The van der Waals surface area contributed by atoms with Crippen LogP contribution in [0.15, 0.2) is 0 Å². The van der Waals surface area contributed by atoms with E-state index in [9.17, 15) is 9.59 Å². The fourth-order valence-electron chi connectivity index (χ4n) is 2.83. The Balaban J connectivity index is 1.82. The van der Waals surface area contributed by atoms with Crippen LogP contribution in [0.1, 0.15) is 33.1 Å². The molecule has 1 aliphatic heterocycles. The molecule has 1 saturated carbocycles. The standard InChI is InChI=1S/C15H28N4O2/c1-11(19-7-6-15(2,9-16)10-19)14(21)18(3)8-13(20)17-12-4-5-12/h11-12H,4-10,16H2,1-3H3,(H,17,20). The number of nitrogens with one attached hydrogen (secondary N) is 1. The molecule has 120 valence electrons. The molecule has 1 heterocycles. The number of hydrogen-bond donors (Lipinski definition) is 2. The molecule has 1 saturated heterocycles. The number of likely N-dealkylation sites (tertiary alicyclic amines) is 1. The monoisotopic (exact) mass is 296 g/mol. The third-order valence-electron chi connectivity index (χ3n) is 4.68. The highest BCUT2D eigenvalue weighted by Gasteiger charge is 2.37. The molecule has 6 heteroatoms. The topological polar surface area (TPSA) is 78.7 Å². The zero-order chi connectivity index (χ0) is 15.6. The number of hydrogen-bond acceptors (Lipinski definition) is 4. The molecule has 2 aliphatic rings. The van der Waals surface area contributed by atoms with Gasteiger partial charge in [0.25, 0.3) is 0 Å². The zero-order valence-electron chi connectivity index (χ0n) is 13.4. The van der Waals surface area contributed by atoms with Gasteiger partial charge in [-0.05, 0) is 44.7 Å². The molecule has 3 N–H and O–H groups in total. The van der Waals surface area contributed by atoms with Crippen molar-refractivity contribution in [1.29, 1.82) is 0 Å². The summed E-state index contributed by atoms with van der Waals surface area (Å²) >= 11 is 0. The Morgan fingerprint density at radius 1 is 1.48 bits per heavy atom. The predicted octanol–water partition coefficient (Wildman–Crippen LogP) is -0.217. The molecule has 2 rings (SSSR count). The molecule has 2 fully saturated rings. The van der Waals surface area contributed by atoms with Crippen LogP contribution in [0.5, 0.6) is 0 Å². The van der Waals surface area contributed by atoms with Gasteiger partial charge < -0.3 is 16.0 Å². The second kappa shape index (κ2) is 6.32. The van der Waals surface area contributed by atoms with Crippen molar-refractivity contribution in [3.63, 3.8) is 0 Å². The van der Waals surface area contributed by atoms with E-state index in [0.717, 1.165) is 32.4 Å². The maximum atomic E-state index is 12.4. The highest BCUT2D eigenvalue weighted by Crippen LogP contribution is 2.30. The quantitative estimate of drug-likeness (QED) is 0.710. The van der Waals surface area contributed by atoms with Crippen molar-refractivity contribution in [2.75, 3.05) is 33.2 Å². The zero-order valence-corrected chi connectivity index (χ0v) is 13.4. The lowest BCUT2D eigenvalue weighted by Gasteiger charge is -2.29. The number of carbonyl (C=O) groups excluding carboxylic acids is 2. The smallest absolute Gasteiger partial charge is 0.239 e. The first-order chi connectivity index (χ1) is 9.84. The maximum absolute atomic E-state index is 12.4. The number of likely N-dealkylation sites (N-methyl/N-ethyl adjacent to an activating group) is 1. The van der Waals surface area contributed by atoms with Gasteiger partial charge in [0, 0.05) is 19.6 Å². The lowest BCUT2D eigenvalue weighted by atomic mass is 9.90. The molecule has 0 aromatic rings. The average Bonchev–Trinajstić information content (AvgIpc) is 3.16. The largest absolute Gasteiger partial charge is 0.352 e. The van der Waals surface area contributed by atoms with Crippen LogP contribution in [0.3, 0.4) is 0 Å². The van der Waals surface area contributed by atoms with Gasteiger partial charge in [-0.1, -0.05) is 6.92 Å². The van der Waals surface area contributed by atoms with Crippen molar-refractivity contribution in [2.24, 2.45) is 11.1 Å². The van der Waals surface area contributed by atoms with Gasteiger partial charge in [-0.2, -0.15) is 0 Å². The van der Waals surface area contributed by atoms with Gasteiger partial charge in [-0.3, -0.25) is 14.5 Å². The Bertz CT molecular complexity index is 410. The van der Waals surface area contributed by atoms with Crippen LogP contribution in [-0.2, 0) is 9.59 Å². The molecule has 2 unspecified atom stereocenters. The average molecular weight is 296 g/mol. The highest BCUT2D eigenvalue weighted by atomic mass is 16.2. The van der Waals surface area contributed by atoms with Gasteiger partial charge in [0.15, 0.2) is 0 Å². The molecule has 0 bridgehead atoms. The van der Waals surface area contributed by atoms with Crippen LogP contribution < -0.4 is 11.1 Å². The van der Waals surface area contributed by atoms with Crippen molar-refractivity contribution in [3.8, 4) is 0 Å². The Morgan fingerprint density at radius 3 is 2.67 bits per heavy atom. The number of carbonyl (C=O) groups is 2. The van der Waals surface area contributed by atoms with Crippen LogP contribution >= 0.6 is 0 Å². The van der Waals surface area contributed by atoms with E-state index in [1.807, 2.05) is 6.92 Å². The second-order valence-electron chi connectivity index (χ2n) is 6.95. The summed E-state index contributed by atoms with van der Waals surface area (Å²) < 4.78 is 0. The summed E-state index contributed by atoms with van der Waals surface area (Å²) in [6, 6.07) is 0.138. The third-order valence-corrected chi connectivity index (χ3v) is 4.68. The first kappa shape index (κ1) is 16.2. The van der Waals surface area contributed by atoms with E-state index in [2.05, 4.69) is 17.1 Å². The first-order valence-corrected chi connectivity index (χ1v) is 7.83. The van der Waals surface area contributed by atoms with Crippen LogP contribution in [0.25, 0.3) is 0 Å². The van der Waals surface area contributed by atoms with E-state index in [4.69, 9.17) is 5.73 Å². The van der Waals surface area contributed by atoms with Gasteiger partial charge in [0.1, 0.15) is 0 Å². The van der Waals surface area contributed by atoms with Gasteiger partial charge in [-0.25, -0.2) is 0 Å². The predicted molar refractivity (Wildman–Crippen MR) is 81.6 cm³/mol. The number of nitrogens with zero attached hydrogens (tertiary/aromatic N) is 2. The minimum atomic E-state index is -0.197. The molecule has 0 radical (unpaired) electrons. The summed E-state index contributed by atoms with van der Waals surface area (Å²) in [6.07, 6.45) is 3.14. The fraction of sp³-hybridized carbons (Fsp3) is 0.867. The van der Waals surface area contributed by atoms with Crippen LogP contribution in [-0.4, -0.2) is 66.9 Å². The van der Waals surface area contributed by atoms with Gasteiger partial charge in [0.2, 0.25) is 11.8 Å². The van der Waals surface area contributed by atoms with Crippen molar-refractivity contribution >= 4 is 11.8 Å². The summed E-state index contributed by atoms with van der Waals surface area (Å²) in [4.78, 5) is 27.9. The summed E-state index contributed by atoms with van der Waals surface area (Å²) in [5.41, 5.74) is 5.92. The summed E-state index contributed by atoms with van der Waals surface area (Å²) in [5.74, 6) is -0.0593. The van der Waals surface area contributed by atoms with Crippen molar-refractivity contribution in [1.82, 2.24) is 15.1 Å². The summed E-state index contributed by atoms with van der Waals surface area (Å²) in [7, 11) is 1.70. The van der Waals surface area contributed by atoms with Gasteiger partial charge >= 0.3 is 0 Å². The first-order valence-electron chi connectivity index (χ1n) is 7.83. The number of rotatable bonds is 6. The summed E-state index contributed by atoms with van der Waals surface area (Å²) in [6.45, 7) is 6.60. The van der Waals surface area contributed by atoms with E-state index in [0.29, 0.717) is 12.6 Å².